The van der Waals surface area contributed by atoms with Crippen molar-refractivity contribution in [2.45, 2.75) is 44.8 Å². The van der Waals surface area contributed by atoms with Gasteiger partial charge in [0.05, 0.1) is 12.7 Å². The Morgan fingerprint density at radius 3 is 2.89 bits per heavy atom. The van der Waals surface area contributed by atoms with Crippen molar-refractivity contribution < 1.29 is 4.74 Å². The largest absolute Gasteiger partial charge is 0.377 e. The van der Waals surface area contributed by atoms with Gasteiger partial charge in [-0.25, -0.2) is 0 Å². The van der Waals surface area contributed by atoms with Crippen molar-refractivity contribution in [1.82, 2.24) is 10.3 Å². The van der Waals surface area contributed by atoms with Crippen LogP contribution in [-0.2, 0) is 11.3 Å². The van der Waals surface area contributed by atoms with E-state index in [-0.39, 0.29) is 0 Å². The number of hydrogen-bond acceptors (Lipinski definition) is 3. The Morgan fingerprint density at radius 1 is 1.28 bits per heavy atom. The van der Waals surface area contributed by atoms with Crippen LogP contribution in [0.1, 0.15) is 37.7 Å². The molecule has 1 saturated carbocycles. The van der Waals surface area contributed by atoms with E-state index in [4.69, 9.17) is 4.74 Å². The predicted molar refractivity (Wildman–Crippen MR) is 76.5 cm³/mol. The zero-order valence-electron chi connectivity index (χ0n) is 10.7. The molecule has 0 spiro atoms. The van der Waals surface area contributed by atoms with Gasteiger partial charge >= 0.3 is 0 Å². The topological polar surface area (TPSA) is 34.2 Å². The maximum absolute atomic E-state index is 5.86. The van der Waals surface area contributed by atoms with Gasteiger partial charge in [0, 0.05) is 30.0 Å². The van der Waals surface area contributed by atoms with Crippen LogP contribution in [-0.4, -0.2) is 24.2 Å². The summed E-state index contributed by atoms with van der Waals surface area (Å²) in [5.41, 5.74) is 1.20. The molecule has 0 aliphatic heterocycles. The molecule has 100 valence electrons. The molecule has 0 amide bonds. The summed E-state index contributed by atoms with van der Waals surface area (Å²) in [7, 11) is 0. The summed E-state index contributed by atoms with van der Waals surface area (Å²) < 4.78 is 6.89. The third kappa shape index (κ3) is 5.04. The fraction of sp³-hybridized carbons (Fsp3) is 0.643. The monoisotopic (exact) mass is 312 g/mol. The van der Waals surface area contributed by atoms with E-state index < -0.39 is 0 Å². The van der Waals surface area contributed by atoms with E-state index in [1.54, 1.807) is 6.20 Å². The Labute approximate surface area is 117 Å². The van der Waals surface area contributed by atoms with Crippen molar-refractivity contribution in [2.24, 2.45) is 0 Å². The first-order valence-electron chi connectivity index (χ1n) is 6.76. The number of aromatic nitrogens is 1. The van der Waals surface area contributed by atoms with Gasteiger partial charge in [-0.2, -0.15) is 0 Å². The highest BCUT2D eigenvalue weighted by Crippen LogP contribution is 2.19. The molecule has 4 heteroatoms. The highest BCUT2D eigenvalue weighted by molar-refractivity contribution is 9.10. The van der Waals surface area contributed by atoms with Crippen molar-refractivity contribution in [3.05, 3.63) is 28.5 Å². The number of rotatable bonds is 6. The second-order valence-electron chi connectivity index (χ2n) is 4.82. The third-order valence-corrected chi connectivity index (χ3v) is 3.71. The van der Waals surface area contributed by atoms with Crippen LogP contribution in [0.3, 0.4) is 0 Å². The van der Waals surface area contributed by atoms with Crippen LogP contribution in [0.5, 0.6) is 0 Å². The summed E-state index contributed by atoms with van der Waals surface area (Å²) in [4.78, 5) is 4.14. The summed E-state index contributed by atoms with van der Waals surface area (Å²) >= 11 is 3.42. The van der Waals surface area contributed by atoms with E-state index in [0.29, 0.717) is 6.10 Å². The van der Waals surface area contributed by atoms with Gasteiger partial charge in [-0.15, -0.1) is 0 Å². The highest BCUT2D eigenvalue weighted by atomic mass is 79.9. The molecule has 0 radical (unpaired) electrons. The van der Waals surface area contributed by atoms with E-state index in [9.17, 15) is 0 Å². The molecule has 1 fully saturated rings. The molecule has 0 atom stereocenters. The molecule has 1 heterocycles. The van der Waals surface area contributed by atoms with E-state index in [0.717, 1.165) is 24.2 Å². The molecular weight excluding hydrogens is 292 g/mol. The summed E-state index contributed by atoms with van der Waals surface area (Å²) in [5, 5.41) is 3.38. The molecule has 18 heavy (non-hydrogen) atoms. The number of hydrogen-bond donors (Lipinski definition) is 1. The predicted octanol–water partition coefficient (Wildman–Crippen LogP) is 3.28. The van der Waals surface area contributed by atoms with Gasteiger partial charge in [0.15, 0.2) is 0 Å². The number of halogens is 1. The molecule has 0 aromatic carbocycles. The summed E-state index contributed by atoms with van der Waals surface area (Å²) in [6.07, 6.45) is 10.7. The fourth-order valence-electron chi connectivity index (χ4n) is 2.31. The number of nitrogens with zero attached hydrogens (tertiary/aromatic N) is 1. The normalized spacial score (nSPS) is 16.9. The van der Waals surface area contributed by atoms with E-state index in [2.05, 4.69) is 32.3 Å². The van der Waals surface area contributed by atoms with Crippen molar-refractivity contribution in [3.8, 4) is 0 Å². The maximum atomic E-state index is 5.86. The van der Waals surface area contributed by atoms with Crippen LogP contribution in [0.4, 0.5) is 0 Å². The summed E-state index contributed by atoms with van der Waals surface area (Å²) in [6.45, 7) is 2.57. The standard InChI is InChI=1S/C14H21BrN2O/c15-13-8-12(10-17-11-13)9-16-6-7-18-14-4-2-1-3-5-14/h8,10-11,14,16H,1-7,9H2. The number of ether oxygens (including phenoxy) is 1. The Balaban J connectivity index is 1.55. The summed E-state index contributed by atoms with van der Waals surface area (Å²) in [5.74, 6) is 0. The molecule has 1 aliphatic carbocycles. The lowest BCUT2D eigenvalue weighted by molar-refractivity contribution is 0.0302. The molecule has 3 nitrogen and oxygen atoms in total. The minimum atomic E-state index is 0.507. The lowest BCUT2D eigenvalue weighted by Crippen LogP contribution is -2.24. The van der Waals surface area contributed by atoms with Crippen LogP contribution in [0, 0.1) is 0 Å². The fourth-order valence-corrected chi connectivity index (χ4v) is 2.73. The van der Waals surface area contributed by atoms with E-state index >= 15 is 0 Å². The lowest BCUT2D eigenvalue weighted by Gasteiger charge is -2.22. The van der Waals surface area contributed by atoms with Gasteiger partial charge in [-0.3, -0.25) is 4.98 Å². The second-order valence-corrected chi connectivity index (χ2v) is 5.73. The molecule has 1 aromatic rings. The Morgan fingerprint density at radius 2 is 2.11 bits per heavy atom. The Hall–Kier alpha value is -0.450. The maximum Gasteiger partial charge on any atom is 0.0594 e. The highest BCUT2D eigenvalue weighted by Gasteiger charge is 2.12. The molecule has 1 N–H and O–H groups in total. The minimum Gasteiger partial charge on any atom is -0.377 e. The van der Waals surface area contributed by atoms with Crippen LogP contribution >= 0.6 is 15.9 Å². The molecule has 2 rings (SSSR count). The Bertz CT molecular complexity index is 353. The van der Waals surface area contributed by atoms with Crippen molar-refractivity contribution >= 4 is 15.9 Å². The molecule has 0 saturated heterocycles. The molecule has 0 bridgehead atoms. The van der Waals surface area contributed by atoms with Crippen molar-refractivity contribution in [2.75, 3.05) is 13.2 Å². The van der Waals surface area contributed by atoms with Crippen LogP contribution in [0.2, 0.25) is 0 Å². The molecule has 1 aromatic heterocycles. The van der Waals surface area contributed by atoms with Crippen LogP contribution in [0.15, 0.2) is 22.9 Å². The van der Waals surface area contributed by atoms with Gasteiger partial charge in [0.25, 0.3) is 0 Å². The van der Waals surface area contributed by atoms with Crippen LogP contribution < -0.4 is 5.32 Å². The zero-order valence-corrected chi connectivity index (χ0v) is 12.3. The van der Waals surface area contributed by atoms with Gasteiger partial charge in [0.2, 0.25) is 0 Å². The minimum absolute atomic E-state index is 0.507. The summed E-state index contributed by atoms with van der Waals surface area (Å²) in [6, 6.07) is 2.09. The Kier molecular flexibility index (Phi) is 6.11. The number of pyridine rings is 1. The second kappa shape index (κ2) is 7.87. The first kappa shape index (κ1) is 14.0. The van der Waals surface area contributed by atoms with Crippen molar-refractivity contribution in [3.63, 3.8) is 0 Å². The average molecular weight is 313 g/mol. The molecular formula is C14H21BrN2O. The van der Waals surface area contributed by atoms with Gasteiger partial charge in [-0.1, -0.05) is 19.3 Å². The van der Waals surface area contributed by atoms with Crippen molar-refractivity contribution in [1.29, 1.82) is 0 Å². The lowest BCUT2D eigenvalue weighted by atomic mass is 9.98. The van der Waals surface area contributed by atoms with E-state index in [1.165, 1.54) is 37.7 Å². The number of nitrogens with one attached hydrogen (secondary N) is 1. The average Bonchev–Trinajstić information content (AvgIpc) is 2.40. The quantitative estimate of drug-likeness (QED) is 0.819. The van der Waals surface area contributed by atoms with Gasteiger partial charge < -0.3 is 10.1 Å². The smallest absolute Gasteiger partial charge is 0.0594 e. The SMILES string of the molecule is Brc1cncc(CNCCOC2CCCCC2)c1. The van der Waals surface area contributed by atoms with E-state index in [1.807, 2.05) is 6.20 Å². The van der Waals surface area contributed by atoms with Gasteiger partial charge in [0.1, 0.15) is 0 Å². The van der Waals surface area contributed by atoms with Gasteiger partial charge in [-0.05, 0) is 40.4 Å². The molecule has 0 unspecified atom stereocenters. The third-order valence-electron chi connectivity index (χ3n) is 3.28. The zero-order chi connectivity index (χ0) is 12.6. The molecule has 1 aliphatic rings. The first-order valence-corrected chi connectivity index (χ1v) is 7.55. The van der Waals surface area contributed by atoms with Crippen LogP contribution in [0.25, 0.3) is 0 Å². The first-order chi connectivity index (χ1) is 8.84.